The van der Waals surface area contributed by atoms with Crippen LogP contribution in [0.3, 0.4) is 0 Å². The van der Waals surface area contributed by atoms with Crippen LogP contribution in [0.5, 0.6) is 0 Å². The van der Waals surface area contributed by atoms with Gasteiger partial charge in [0.2, 0.25) is 0 Å². The molecule has 1 aliphatic heterocycles. The quantitative estimate of drug-likeness (QED) is 0.615. The molecule has 0 atom stereocenters. The van der Waals surface area contributed by atoms with E-state index >= 15 is 0 Å². The van der Waals surface area contributed by atoms with Gasteiger partial charge in [-0.15, -0.1) is 0 Å². The van der Waals surface area contributed by atoms with Crippen LogP contribution in [0, 0.1) is 13.8 Å². The lowest BCUT2D eigenvalue weighted by Crippen LogP contribution is -2.32. The summed E-state index contributed by atoms with van der Waals surface area (Å²) in [5.74, 6) is -0.698. The molecule has 3 aromatic carbocycles. The van der Waals surface area contributed by atoms with Crippen LogP contribution in [0.1, 0.15) is 16.7 Å². The van der Waals surface area contributed by atoms with E-state index in [4.69, 9.17) is 0 Å². The smallest absolute Gasteiger partial charge is 0.282 e. The molecule has 4 rings (SSSR count). The molecule has 0 saturated heterocycles. The molecule has 0 saturated carbocycles. The average molecular weight is 412 g/mol. The number of benzene rings is 3. The van der Waals surface area contributed by atoms with Crippen molar-refractivity contribution in [1.82, 2.24) is 0 Å². The number of carbonyl (C=O) groups excluding carboxylic acids is 2. The summed E-state index contributed by atoms with van der Waals surface area (Å²) in [7, 11) is 3.85. The van der Waals surface area contributed by atoms with Gasteiger partial charge in [-0.1, -0.05) is 42.5 Å². The molecule has 5 nitrogen and oxygen atoms in total. The van der Waals surface area contributed by atoms with Crippen LogP contribution in [-0.2, 0) is 9.59 Å². The molecule has 0 unspecified atom stereocenters. The monoisotopic (exact) mass is 411 g/mol. The molecule has 0 aliphatic carbocycles. The first-order chi connectivity index (χ1) is 14.9. The molecule has 0 fully saturated rings. The van der Waals surface area contributed by atoms with E-state index in [0.717, 1.165) is 16.9 Å². The maximum absolute atomic E-state index is 13.5. The summed E-state index contributed by atoms with van der Waals surface area (Å²) in [5.41, 5.74) is 5.88. The van der Waals surface area contributed by atoms with Crippen LogP contribution in [0.4, 0.5) is 17.1 Å². The number of hydrogen-bond acceptors (Lipinski definition) is 4. The third-order valence-electron chi connectivity index (χ3n) is 5.53. The molecule has 2 amide bonds. The third kappa shape index (κ3) is 3.82. The summed E-state index contributed by atoms with van der Waals surface area (Å²) in [6.07, 6.45) is 0. The minimum Gasteiger partial charge on any atom is -0.378 e. The van der Waals surface area contributed by atoms with Crippen molar-refractivity contribution in [1.29, 1.82) is 0 Å². The lowest BCUT2D eigenvalue weighted by Gasteiger charge is -2.19. The molecular weight excluding hydrogens is 386 g/mol. The van der Waals surface area contributed by atoms with Gasteiger partial charge < -0.3 is 10.2 Å². The van der Waals surface area contributed by atoms with Gasteiger partial charge in [-0.05, 0) is 60.9 Å². The highest BCUT2D eigenvalue weighted by atomic mass is 16.2. The molecular formula is C26H25N3O2. The molecule has 0 aromatic heterocycles. The minimum absolute atomic E-state index is 0.287. The van der Waals surface area contributed by atoms with Gasteiger partial charge in [0.05, 0.1) is 11.3 Å². The van der Waals surface area contributed by atoms with E-state index in [-0.39, 0.29) is 17.5 Å². The number of nitrogens with zero attached hydrogens (tertiary/aromatic N) is 2. The Bertz CT molecular complexity index is 1200. The first-order valence-electron chi connectivity index (χ1n) is 10.2. The van der Waals surface area contributed by atoms with Crippen LogP contribution < -0.4 is 15.1 Å². The molecule has 0 radical (unpaired) electrons. The number of carbonyl (C=O) groups is 2. The van der Waals surface area contributed by atoms with Gasteiger partial charge in [-0.25, -0.2) is 4.90 Å². The number of nitrogens with one attached hydrogen (secondary N) is 1. The number of hydrogen-bond donors (Lipinski definition) is 1. The Labute approximate surface area is 182 Å². The van der Waals surface area contributed by atoms with Gasteiger partial charge in [0.25, 0.3) is 11.8 Å². The predicted octanol–water partition coefficient (Wildman–Crippen LogP) is 4.77. The van der Waals surface area contributed by atoms with Gasteiger partial charge in [0, 0.05) is 25.5 Å². The molecule has 5 heteroatoms. The van der Waals surface area contributed by atoms with Crippen molar-refractivity contribution in [2.24, 2.45) is 0 Å². The standard InChI is InChI=1S/C26H25N3O2/c1-17-13-14-20(15-18(17)2)27-24-23(19-9-6-5-7-10-19)25(30)29(26(24)31)22-12-8-11-21(16-22)28(3)4/h5-16,27H,1-4H3. The molecule has 0 spiro atoms. The van der Waals surface area contributed by atoms with Crippen LogP contribution in [-0.4, -0.2) is 25.9 Å². The molecule has 156 valence electrons. The lowest BCUT2D eigenvalue weighted by molar-refractivity contribution is -0.120. The SMILES string of the molecule is Cc1ccc(NC2=C(c3ccccc3)C(=O)N(c3cccc(N(C)C)c3)C2=O)cc1C. The Morgan fingerprint density at radius 3 is 2.19 bits per heavy atom. The van der Waals surface area contributed by atoms with E-state index in [0.29, 0.717) is 16.8 Å². The van der Waals surface area contributed by atoms with E-state index < -0.39 is 0 Å². The first-order valence-corrected chi connectivity index (χ1v) is 10.2. The summed E-state index contributed by atoms with van der Waals surface area (Å²) in [5, 5.41) is 3.23. The third-order valence-corrected chi connectivity index (χ3v) is 5.53. The van der Waals surface area contributed by atoms with Crippen molar-refractivity contribution in [2.45, 2.75) is 13.8 Å². The van der Waals surface area contributed by atoms with Crippen LogP contribution >= 0.6 is 0 Å². The van der Waals surface area contributed by atoms with Crippen molar-refractivity contribution in [3.63, 3.8) is 0 Å². The van der Waals surface area contributed by atoms with Crippen LogP contribution in [0.2, 0.25) is 0 Å². The molecule has 31 heavy (non-hydrogen) atoms. The van der Waals surface area contributed by atoms with Crippen molar-refractivity contribution in [3.05, 3.63) is 95.2 Å². The number of imide groups is 1. The summed E-state index contributed by atoms with van der Waals surface area (Å²) >= 11 is 0. The Morgan fingerprint density at radius 1 is 0.774 bits per heavy atom. The summed E-state index contributed by atoms with van der Waals surface area (Å²) in [6, 6.07) is 22.6. The zero-order valence-electron chi connectivity index (χ0n) is 18.1. The van der Waals surface area contributed by atoms with Crippen LogP contribution in [0.15, 0.2) is 78.5 Å². The average Bonchev–Trinajstić information content (AvgIpc) is 3.01. The maximum Gasteiger partial charge on any atom is 0.282 e. The molecule has 3 aromatic rings. The van der Waals surface area contributed by atoms with E-state index in [1.54, 1.807) is 6.07 Å². The van der Waals surface area contributed by atoms with Crippen molar-refractivity contribution in [3.8, 4) is 0 Å². The fraction of sp³-hybridized carbons (Fsp3) is 0.154. The number of rotatable bonds is 5. The molecule has 0 bridgehead atoms. The Morgan fingerprint density at radius 2 is 1.52 bits per heavy atom. The molecule has 1 heterocycles. The van der Waals surface area contributed by atoms with Crippen molar-refractivity contribution >= 4 is 34.4 Å². The highest BCUT2D eigenvalue weighted by Crippen LogP contribution is 2.35. The summed E-state index contributed by atoms with van der Waals surface area (Å²) in [6.45, 7) is 4.06. The van der Waals surface area contributed by atoms with Gasteiger partial charge in [0.15, 0.2) is 0 Å². The molecule has 1 aliphatic rings. The Kier molecular flexibility index (Phi) is 5.34. The topological polar surface area (TPSA) is 52.7 Å². The van der Waals surface area contributed by atoms with Crippen molar-refractivity contribution < 1.29 is 9.59 Å². The predicted molar refractivity (Wildman–Crippen MR) is 126 cm³/mol. The summed E-state index contributed by atoms with van der Waals surface area (Å²) < 4.78 is 0. The van der Waals surface area contributed by atoms with Gasteiger partial charge >= 0.3 is 0 Å². The number of amides is 2. The normalized spacial score (nSPS) is 13.7. The van der Waals surface area contributed by atoms with Gasteiger partial charge in [0.1, 0.15) is 5.70 Å². The second kappa shape index (κ2) is 8.11. The lowest BCUT2D eigenvalue weighted by atomic mass is 10.0. The molecule has 1 N–H and O–H groups in total. The Hall–Kier alpha value is -3.86. The number of aryl methyl sites for hydroxylation is 2. The zero-order valence-corrected chi connectivity index (χ0v) is 18.1. The fourth-order valence-corrected chi connectivity index (χ4v) is 3.63. The largest absolute Gasteiger partial charge is 0.378 e. The van der Waals surface area contributed by atoms with E-state index in [1.165, 1.54) is 10.5 Å². The van der Waals surface area contributed by atoms with Crippen LogP contribution in [0.25, 0.3) is 5.57 Å². The first kappa shape index (κ1) is 20.4. The van der Waals surface area contributed by atoms with E-state index in [1.807, 2.05) is 99.6 Å². The summed E-state index contributed by atoms with van der Waals surface area (Å²) in [4.78, 5) is 30.2. The van der Waals surface area contributed by atoms with E-state index in [9.17, 15) is 9.59 Å². The van der Waals surface area contributed by atoms with E-state index in [2.05, 4.69) is 5.32 Å². The maximum atomic E-state index is 13.5. The van der Waals surface area contributed by atoms with Gasteiger partial charge in [-0.3, -0.25) is 9.59 Å². The Balaban J connectivity index is 1.81. The number of anilines is 3. The zero-order chi connectivity index (χ0) is 22.1. The second-order valence-electron chi connectivity index (χ2n) is 7.90. The van der Waals surface area contributed by atoms with Crippen molar-refractivity contribution in [2.75, 3.05) is 29.2 Å². The highest BCUT2D eigenvalue weighted by Gasteiger charge is 2.40. The second-order valence-corrected chi connectivity index (χ2v) is 7.90. The van der Waals surface area contributed by atoms with Gasteiger partial charge in [-0.2, -0.15) is 0 Å². The fourth-order valence-electron chi connectivity index (χ4n) is 3.63. The highest BCUT2D eigenvalue weighted by molar-refractivity contribution is 6.46. The minimum atomic E-state index is -0.363.